The van der Waals surface area contributed by atoms with Crippen LogP contribution in [0.3, 0.4) is 0 Å². The van der Waals surface area contributed by atoms with Crippen molar-refractivity contribution in [3.05, 3.63) is 53.2 Å². The second-order valence-electron chi connectivity index (χ2n) is 4.79. The standard InChI is InChI=1S/C16H12N4O/c1-10-7-11(2)14(18-9-10)15-19-16(21-20-15)13-5-3-12(8-17)4-6-13/h3-7,9H,1-2H3. The topological polar surface area (TPSA) is 75.6 Å². The van der Waals surface area contributed by atoms with Gasteiger partial charge in [0.1, 0.15) is 5.69 Å². The van der Waals surface area contributed by atoms with E-state index in [4.69, 9.17) is 9.78 Å². The van der Waals surface area contributed by atoms with E-state index in [9.17, 15) is 0 Å². The first-order valence-corrected chi connectivity index (χ1v) is 6.45. The molecule has 0 bridgehead atoms. The van der Waals surface area contributed by atoms with E-state index in [1.807, 2.05) is 19.9 Å². The lowest BCUT2D eigenvalue weighted by atomic mass is 10.1. The molecule has 0 aliphatic carbocycles. The number of aryl methyl sites for hydroxylation is 2. The molecule has 0 saturated heterocycles. The molecule has 3 aromatic rings. The summed E-state index contributed by atoms with van der Waals surface area (Å²) in [7, 11) is 0. The van der Waals surface area contributed by atoms with Gasteiger partial charge in [-0.15, -0.1) is 0 Å². The van der Waals surface area contributed by atoms with Gasteiger partial charge in [-0.1, -0.05) is 11.2 Å². The van der Waals surface area contributed by atoms with Gasteiger partial charge in [0.25, 0.3) is 5.89 Å². The minimum absolute atomic E-state index is 0.413. The van der Waals surface area contributed by atoms with Gasteiger partial charge in [-0.25, -0.2) is 0 Å². The van der Waals surface area contributed by atoms with E-state index >= 15 is 0 Å². The lowest BCUT2D eigenvalue weighted by molar-refractivity contribution is 0.432. The van der Waals surface area contributed by atoms with E-state index in [2.05, 4.69) is 21.2 Å². The molecule has 0 N–H and O–H groups in total. The molecule has 0 amide bonds. The molecule has 1 aromatic carbocycles. The second kappa shape index (κ2) is 5.17. The Bertz CT molecular complexity index is 828. The molecular formula is C16H12N4O. The Labute approximate surface area is 121 Å². The molecule has 2 aromatic heterocycles. The van der Waals surface area contributed by atoms with Crippen LogP contribution in [0.4, 0.5) is 0 Å². The largest absolute Gasteiger partial charge is 0.334 e. The van der Waals surface area contributed by atoms with Crippen LogP contribution < -0.4 is 0 Å². The summed E-state index contributed by atoms with van der Waals surface area (Å²) in [5, 5.41) is 12.8. The van der Waals surface area contributed by atoms with Gasteiger partial charge in [0.15, 0.2) is 0 Å². The lowest BCUT2D eigenvalue weighted by Gasteiger charge is -2.00. The van der Waals surface area contributed by atoms with Crippen LogP contribution in [0.25, 0.3) is 23.0 Å². The number of hydrogen-bond acceptors (Lipinski definition) is 5. The Morgan fingerprint density at radius 2 is 1.90 bits per heavy atom. The molecule has 0 fully saturated rings. The summed E-state index contributed by atoms with van der Waals surface area (Å²) < 4.78 is 5.28. The van der Waals surface area contributed by atoms with Crippen molar-refractivity contribution < 1.29 is 4.52 Å². The maximum Gasteiger partial charge on any atom is 0.258 e. The van der Waals surface area contributed by atoms with Crippen molar-refractivity contribution in [2.24, 2.45) is 0 Å². The molecule has 2 heterocycles. The minimum Gasteiger partial charge on any atom is -0.334 e. The van der Waals surface area contributed by atoms with Crippen LogP contribution in [0.5, 0.6) is 0 Å². The van der Waals surface area contributed by atoms with Crippen molar-refractivity contribution in [2.75, 3.05) is 0 Å². The van der Waals surface area contributed by atoms with Gasteiger partial charge in [0.2, 0.25) is 5.82 Å². The van der Waals surface area contributed by atoms with Crippen LogP contribution >= 0.6 is 0 Å². The van der Waals surface area contributed by atoms with E-state index in [1.54, 1.807) is 30.5 Å². The summed E-state index contributed by atoms with van der Waals surface area (Å²) in [4.78, 5) is 8.73. The third-order valence-electron chi connectivity index (χ3n) is 3.11. The maximum atomic E-state index is 8.80. The number of nitriles is 1. The Kier molecular flexibility index (Phi) is 3.20. The van der Waals surface area contributed by atoms with Crippen molar-refractivity contribution in [3.8, 4) is 29.0 Å². The smallest absolute Gasteiger partial charge is 0.258 e. The second-order valence-corrected chi connectivity index (χ2v) is 4.79. The number of aromatic nitrogens is 3. The number of rotatable bonds is 2. The first-order valence-electron chi connectivity index (χ1n) is 6.45. The molecule has 5 heteroatoms. The zero-order chi connectivity index (χ0) is 14.8. The molecule has 0 atom stereocenters. The average Bonchev–Trinajstić information content (AvgIpc) is 2.97. The van der Waals surface area contributed by atoms with E-state index in [-0.39, 0.29) is 0 Å². The van der Waals surface area contributed by atoms with E-state index < -0.39 is 0 Å². The van der Waals surface area contributed by atoms with Crippen LogP contribution in [0.15, 0.2) is 41.1 Å². The Morgan fingerprint density at radius 3 is 2.57 bits per heavy atom. The van der Waals surface area contributed by atoms with Gasteiger partial charge in [0.05, 0.1) is 11.6 Å². The fourth-order valence-corrected chi connectivity index (χ4v) is 2.07. The molecule has 0 radical (unpaired) electrons. The van der Waals surface area contributed by atoms with E-state index in [0.29, 0.717) is 23.0 Å². The Balaban J connectivity index is 1.97. The SMILES string of the molecule is Cc1cnc(-c2noc(-c3ccc(C#N)cc3)n2)c(C)c1. The highest BCUT2D eigenvalue weighted by atomic mass is 16.5. The van der Waals surface area contributed by atoms with E-state index in [0.717, 1.165) is 16.7 Å². The summed E-state index contributed by atoms with van der Waals surface area (Å²) in [5.74, 6) is 0.878. The summed E-state index contributed by atoms with van der Waals surface area (Å²) in [6, 6.07) is 11.1. The fraction of sp³-hybridized carbons (Fsp3) is 0.125. The molecule has 3 rings (SSSR count). The van der Waals surface area contributed by atoms with E-state index in [1.165, 1.54) is 0 Å². The fourth-order valence-electron chi connectivity index (χ4n) is 2.07. The highest BCUT2D eigenvalue weighted by molar-refractivity contribution is 5.60. The number of nitrogens with zero attached hydrogens (tertiary/aromatic N) is 4. The summed E-state index contributed by atoms with van der Waals surface area (Å²) >= 11 is 0. The predicted octanol–water partition coefficient (Wildman–Crippen LogP) is 3.29. The van der Waals surface area contributed by atoms with Crippen LogP contribution in [0.2, 0.25) is 0 Å². The van der Waals surface area contributed by atoms with Crippen molar-refractivity contribution in [2.45, 2.75) is 13.8 Å². The maximum absolute atomic E-state index is 8.80. The molecule has 0 unspecified atom stereocenters. The zero-order valence-electron chi connectivity index (χ0n) is 11.7. The Morgan fingerprint density at radius 1 is 1.14 bits per heavy atom. The quantitative estimate of drug-likeness (QED) is 0.717. The van der Waals surface area contributed by atoms with Gasteiger partial charge < -0.3 is 4.52 Å². The third-order valence-corrected chi connectivity index (χ3v) is 3.11. The molecule has 5 nitrogen and oxygen atoms in total. The van der Waals surface area contributed by atoms with Crippen LogP contribution in [0, 0.1) is 25.2 Å². The third kappa shape index (κ3) is 2.51. The lowest BCUT2D eigenvalue weighted by Crippen LogP contribution is -1.91. The summed E-state index contributed by atoms with van der Waals surface area (Å²) in [5.41, 5.74) is 4.17. The highest BCUT2D eigenvalue weighted by Gasteiger charge is 2.13. The molecule has 102 valence electrons. The van der Waals surface area contributed by atoms with Crippen LogP contribution in [-0.2, 0) is 0 Å². The number of pyridine rings is 1. The zero-order valence-corrected chi connectivity index (χ0v) is 11.7. The monoisotopic (exact) mass is 276 g/mol. The summed E-state index contributed by atoms with van der Waals surface area (Å²) in [6.45, 7) is 3.95. The highest BCUT2D eigenvalue weighted by Crippen LogP contribution is 2.23. The number of benzene rings is 1. The molecule has 0 aliphatic heterocycles. The van der Waals surface area contributed by atoms with Crippen molar-refractivity contribution in [3.63, 3.8) is 0 Å². The van der Waals surface area contributed by atoms with Gasteiger partial charge >= 0.3 is 0 Å². The van der Waals surface area contributed by atoms with Crippen LogP contribution in [-0.4, -0.2) is 15.1 Å². The molecule has 0 saturated carbocycles. The molecule has 0 aliphatic rings. The van der Waals surface area contributed by atoms with Crippen molar-refractivity contribution in [1.29, 1.82) is 5.26 Å². The number of hydrogen-bond donors (Lipinski definition) is 0. The molecule has 21 heavy (non-hydrogen) atoms. The van der Waals surface area contributed by atoms with Crippen molar-refractivity contribution in [1.82, 2.24) is 15.1 Å². The normalized spacial score (nSPS) is 10.3. The first-order chi connectivity index (χ1) is 10.2. The van der Waals surface area contributed by atoms with Gasteiger partial charge in [-0.3, -0.25) is 4.98 Å². The predicted molar refractivity (Wildman–Crippen MR) is 77.2 cm³/mol. The van der Waals surface area contributed by atoms with Gasteiger partial charge in [-0.2, -0.15) is 10.2 Å². The molecular weight excluding hydrogens is 264 g/mol. The Hall–Kier alpha value is -3.00. The van der Waals surface area contributed by atoms with Gasteiger partial charge in [0, 0.05) is 11.8 Å². The van der Waals surface area contributed by atoms with Gasteiger partial charge in [-0.05, 0) is 49.2 Å². The van der Waals surface area contributed by atoms with Crippen LogP contribution in [0.1, 0.15) is 16.7 Å². The first kappa shape index (κ1) is 13.0. The van der Waals surface area contributed by atoms with Crippen molar-refractivity contribution >= 4 is 0 Å². The minimum atomic E-state index is 0.413. The summed E-state index contributed by atoms with van der Waals surface area (Å²) in [6.07, 6.45) is 1.78. The average molecular weight is 276 g/mol. The molecule has 0 spiro atoms.